The molecule has 0 N–H and O–H groups in total. The Balaban J connectivity index is -0.0000000218. The van der Waals surface area contributed by atoms with Crippen LogP contribution in [0.3, 0.4) is 0 Å². The minimum Gasteiger partial charge on any atom is -0.0776 e. The molecular formula is C15H40Ar. The van der Waals surface area contributed by atoms with E-state index >= 15 is 0 Å². The van der Waals surface area contributed by atoms with Crippen molar-refractivity contribution in [1.82, 2.24) is 0 Å². The van der Waals surface area contributed by atoms with Crippen molar-refractivity contribution < 1.29 is 37.7 Å². The second kappa shape index (κ2) is 21.5. The molecule has 0 amide bonds. The second-order valence-electron chi connectivity index (χ2n) is 6.00. The van der Waals surface area contributed by atoms with Gasteiger partial charge >= 0.3 is 0 Å². The molecule has 0 unspecified atom stereocenters. The van der Waals surface area contributed by atoms with Gasteiger partial charge in [-0.25, -0.2) is 0 Å². The van der Waals surface area contributed by atoms with Crippen LogP contribution in [0.1, 0.15) is 90.5 Å². The molecule has 0 aliphatic heterocycles. The van der Waals surface area contributed by atoms with Crippen LogP contribution >= 0.6 is 0 Å². The van der Waals surface area contributed by atoms with Crippen LogP contribution in [0.15, 0.2) is 0 Å². The third kappa shape index (κ3) is 1960. The van der Waals surface area contributed by atoms with E-state index in [1.165, 1.54) is 0 Å². The van der Waals surface area contributed by atoms with Gasteiger partial charge in [0.05, 0.1) is 0 Å². The zero-order valence-electron chi connectivity index (χ0n) is 13.4. The van der Waals surface area contributed by atoms with Gasteiger partial charge in [0.25, 0.3) is 0 Å². The normalized spacial score (nSPS) is 8.25. The van der Waals surface area contributed by atoms with Crippen LogP contribution in [0.25, 0.3) is 0 Å². The number of hydrogen-bond donors (Lipinski definition) is 0. The fourth-order valence-corrected chi connectivity index (χ4v) is 0. The molecule has 0 nitrogen and oxygen atoms in total. The van der Waals surface area contributed by atoms with Gasteiger partial charge in [-0.05, 0) is 10.8 Å². The van der Waals surface area contributed by atoms with Crippen LogP contribution in [0.2, 0.25) is 0 Å². The SMILES string of the molecule is C.CC.CC.CC(C)(C)C.CC(C)(C)C.[Ar]. The Morgan fingerprint density at radius 1 is 0.438 bits per heavy atom. The van der Waals surface area contributed by atoms with Gasteiger partial charge in [0.15, 0.2) is 0 Å². The summed E-state index contributed by atoms with van der Waals surface area (Å²) in [5, 5.41) is 0. The van der Waals surface area contributed by atoms with Crippen molar-refractivity contribution >= 4 is 0 Å². The van der Waals surface area contributed by atoms with Gasteiger partial charge in [0.1, 0.15) is 0 Å². The summed E-state index contributed by atoms with van der Waals surface area (Å²) in [4.78, 5) is 0. The first kappa shape index (κ1) is 36.0. The summed E-state index contributed by atoms with van der Waals surface area (Å²) >= 11 is 0. The van der Waals surface area contributed by atoms with E-state index in [0.717, 1.165) is 0 Å². The van der Waals surface area contributed by atoms with Crippen molar-refractivity contribution in [3.05, 3.63) is 0 Å². The van der Waals surface area contributed by atoms with Gasteiger partial charge < -0.3 is 0 Å². The Labute approximate surface area is 138 Å². The Bertz CT molecular complexity index is 48.4. The van der Waals surface area contributed by atoms with Crippen molar-refractivity contribution in [1.29, 1.82) is 0 Å². The average Bonchev–Trinajstić information content (AvgIpc) is 1.88. The zero-order valence-corrected chi connectivity index (χ0v) is 14.1. The van der Waals surface area contributed by atoms with Gasteiger partial charge in [0, 0.05) is 37.7 Å². The largest absolute Gasteiger partial charge is 0.0776 e. The minimum atomic E-state index is 0. The number of rotatable bonds is 0. The van der Waals surface area contributed by atoms with Crippen molar-refractivity contribution in [3.63, 3.8) is 0 Å². The molecule has 1 heteroatoms. The summed E-state index contributed by atoms with van der Waals surface area (Å²) in [5.74, 6) is 0. The molecule has 16 heavy (non-hydrogen) atoms. The Morgan fingerprint density at radius 2 is 0.438 bits per heavy atom. The van der Waals surface area contributed by atoms with Gasteiger partial charge in [-0.1, -0.05) is 90.5 Å². The van der Waals surface area contributed by atoms with E-state index in [4.69, 9.17) is 0 Å². The first-order valence-electron chi connectivity index (χ1n) is 6.00. The first-order valence-corrected chi connectivity index (χ1v) is 6.00. The van der Waals surface area contributed by atoms with Gasteiger partial charge in [-0.3, -0.25) is 0 Å². The van der Waals surface area contributed by atoms with Gasteiger partial charge in [-0.2, -0.15) is 0 Å². The van der Waals surface area contributed by atoms with Crippen molar-refractivity contribution in [3.8, 4) is 0 Å². The van der Waals surface area contributed by atoms with E-state index in [9.17, 15) is 0 Å². The fourth-order valence-electron chi connectivity index (χ4n) is 0. The molecule has 0 atom stereocenters. The summed E-state index contributed by atoms with van der Waals surface area (Å²) < 4.78 is 0. The zero-order chi connectivity index (χ0) is 13.0. The molecule has 0 saturated heterocycles. The summed E-state index contributed by atoms with van der Waals surface area (Å²) in [6.07, 6.45) is 0. The second-order valence-corrected chi connectivity index (χ2v) is 6.00. The molecule has 0 aromatic carbocycles. The van der Waals surface area contributed by atoms with E-state index in [0.29, 0.717) is 10.8 Å². The Kier molecular flexibility index (Phi) is 48.4. The molecule has 0 fully saturated rings. The summed E-state index contributed by atoms with van der Waals surface area (Å²) in [5.41, 5.74) is 1.00. The quantitative estimate of drug-likeness (QED) is 0.449. The molecule has 0 heterocycles. The van der Waals surface area contributed by atoms with Crippen LogP contribution in [-0.2, 0) is 0 Å². The summed E-state index contributed by atoms with van der Waals surface area (Å²) in [7, 11) is 0. The van der Waals surface area contributed by atoms with E-state index in [1.807, 2.05) is 27.7 Å². The van der Waals surface area contributed by atoms with Crippen molar-refractivity contribution in [2.45, 2.75) is 90.5 Å². The van der Waals surface area contributed by atoms with Crippen LogP contribution < -0.4 is 0 Å². The molecule has 0 bridgehead atoms. The van der Waals surface area contributed by atoms with E-state index in [-0.39, 0.29) is 45.2 Å². The minimum absolute atomic E-state index is 0. The molecule has 0 saturated carbocycles. The molecule has 0 radical (unpaired) electrons. The van der Waals surface area contributed by atoms with Gasteiger partial charge in [-0.15, -0.1) is 0 Å². The van der Waals surface area contributed by atoms with E-state index in [1.54, 1.807) is 0 Å². The third-order valence-corrected chi connectivity index (χ3v) is 0. The van der Waals surface area contributed by atoms with Crippen LogP contribution in [0.4, 0.5) is 0 Å². The average molecular weight is 260 g/mol. The van der Waals surface area contributed by atoms with E-state index < -0.39 is 0 Å². The summed E-state index contributed by atoms with van der Waals surface area (Å²) in [6.45, 7) is 25.5. The third-order valence-electron chi connectivity index (χ3n) is 0. The Morgan fingerprint density at radius 3 is 0.438 bits per heavy atom. The monoisotopic (exact) mass is 260 g/mol. The van der Waals surface area contributed by atoms with Crippen molar-refractivity contribution in [2.24, 2.45) is 10.8 Å². The fraction of sp³-hybridized carbons (Fsp3) is 1.00. The predicted molar refractivity (Wildman–Crippen MR) is 79.7 cm³/mol. The molecule has 0 aromatic rings. The van der Waals surface area contributed by atoms with E-state index in [2.05, 4.69) is 55.4 Å². The van der Waals surface area contributed by atoms with Crippen LogP contribution in [0.5, 0.6) is 0 Å². The Hall–Kier alpha value is 1.26. The maximum absolute atomic E-state index is 2.19. The van der Waals surface area contributed by atoms with Crippen LogP contribution in [-0.4, -0.2) is 0 Å². The standard InChI is InChI=1S/2C5H12.2C2H6.CH4.Ar/c2*1-5(2,3)4;2*1-2;;/h2*1-4H3;2*1-2H3;1H4;. The molecule has 0 aliphatic rings. The summed E-state index contributed by atoms with van der Waals surface area (Å²) in [6, 6.07) is 0. The predicted octanol–water partition coefficient (Wildman–Crippen LogP) is 6.79. The molecule has 0 spiro atoms. The number of hydrogen-bond acceptors (Lipinski definition) is 0. The molecule has 0 aliphatic carbocycles. The molecular weight excluding hydrogens is 220 g/mol. The van der Waals surface area contributed by atoms with Gasteiger partial charge in [0.2, 0.25) is 0 Å². The topological polar surface area (TPSA) is 0 Å². The smallest absolute Gasteiger partial charge is 0 e. The maximum Gasteiger partial charge on any atom is 0 e. The first-order chi connectivity index (χ1) is 6.00. The molecule has 0 aromatic heterocycles. The molecule has 0 rings (SSSR count). The maximum atomic E-state index is 2.19. The molecule has 108 valence electrons. The van der Waals surface area contributed by atoms with Crippen molar-refractivity contribution in [2.75, 3.05) is 0 Å². The van der Waals surface area contributed by atoms with Crippen LogP contribution in [0, 0.1) is 48.6 Å².